The van der Waals surface area contributed by atoms with E-state index in [1.807, 2.05) is 0 Å². The molecular weight excluding hydrogens is 479 g/mol. The molecule has 0 fully saturated rings. The Morgan fingerprint density at radius 3 is 2.35 bits per heavy atom. The Bertz CT molecular complexity index is 1380. The van der Waals surface area contributed by atoms with Crippen LogP contribution >= 0.6 is 0 Å². The third kappa shape index (κ3) is 4.39. The minimum absolute atomic E-state index is 0.00576. The number of sulfone groups is 1. The molecular formula is C23H17F5N2O3S. The molecule has 178 valence electrons. The predicted octanol–water partition coefficient (Wildman–Crippen LogP) is 5.20. The molecule has 1 amide bonds. The second kappa shape index (κ2) is 8.15. The second-order valence-electron chi connectivity index (χ2n) is 7.88. The number of pyridine rings is 1. The van der Waals surface area contributed by atoms with Gasteiger partial charge in [0.1, 0.15) is 5.69 Å². The summed E-state index contributed by atoms with van der Waals surface area (Å²) in [4.78, 5) is 16.9. The SMILES string of the molecule is CC(F)(F)c1cccc(S(=O)(=O)c2ccccc2CN2Cc3nc(C(F)(F)F)ccc3C2=O)c1. The van der Waals surface area contributed by atoms with Gasteiger partial charge in [-0.25, -0.2) is 22.2 Å². The Hall–Kier alpha value is -3.34. The van der Waals surface area contributed by atoms with Gasteiger partial charge < -0.3 is 4.90 Å². The number of alkyl halides is 5. The molecule has 0 aliphatic carbocycles. The van der Waals surface area contributed by atoms with Crippen LogP contribution in [0.4, 0.5) is 22.0 Å². The van der Waals surface area contributed by atoms with Crippen molar-refractivity contribution in [3.05, 3.63) is 88.7 Å². The molecule has 5 nitrogen and oxygen atoms in total. The first-order valence-electron chi connectivity index (χ1n) is 9.96. The lowest BCUT2D eigenvalue weighted by Gasteiger charge is -2.18. The van der Waals surface area contributed by atoms with E-state index in [4.69, 9.17) is 0 Å². The summed E-state index contributed by atoms with van der Waals surface area (Å²) in [6.45, 7) is 0.196. The average Bonchev–Trinajstić information content (AvgIpc) is 3.07. The summed E-state index contributed by atoms with van der Waals surface area (Å²) in [6.07, 6.45) is -4.67. The third-order valence-electron chi connectivity index (χ3n) is 5.40. The van der Waals surface area contributed by atoms with E-state index in [0.717, 1.165) is 24.3 Å². The van der Waals surface area contributed by atoms with Gasteiger partial charge in [-0.1, -0.05) is 30.3 Å². The van der Waals surface area contributed by atoms with Crippen molar-refractivity contribution in [1.29, 1.82) is 0 Å². The largest absolute Gasteiger partial charge is 0.433 e. The molecule has 4 rings (SSSR count). The van der Waals surface area contributed by atoms with E-state index in [2.05, 4.69) is 4.98 Å². The molecule has 0 N–H and O–H groups in total. The van der Waals surface area contributed by atoms with Crippen molar-refractivity contribution in [2.45, 2.75) is 41.9 Å². The molecule has 2 heterocycles. The van der Waals surface area contributed by atoms with Crippen molar-refractivity contribution < 1.29 is 35.2 Å². The normalized spacial score (nSPS) is 14.4. The first-order valence-corrected chi connectivity index (χ1v) is 11.4. The average molecular weight is 496 g/mol. The molecule has 0 spiro atoms. The lowest BCUT2D eigenvalue weighted by Crippen LogP contribution is -2.24. The number of rotatable bonds is 5. The Morgan fingerprint density at radius 1 is 0.971 bits per heavy atom. The van der Waals surface area contributed by atoms with Crippen LogP contribution in [0.5, 0.6) is 0 Å². The van der Waals surface area contributed by atoms with Gasteiger partial charge in [0.05, 0.1) is 27.6 Å². The number of amides is 1. The van der Waals surface area contributed by atoms with E-state index < -0.39 is 39.1 Å². The van der Waals surface area contributed by atoms with E-state index in [1.54, 1.807) is 6.07 Å². The van der Waals surface area contributed by atoms with Crippen LogP contribution in [0.1, 0.15) is 39.8 Å². The van der Waals surface area contributed by atoms with Crippen LogP contribution in [0, 0.1) is 0 Å². The summed E-state index contributed by atoms with van der Waals surface area (Å²) in [5.41, 5.74) is -1.46. The number of hydrogen-bond acceptors (Lipinski definition) is 4. The highest BCUT2D eigenvalue weighted by Gasteiger charge is 2.37. The van der Waals surface area contributed by atoms with E-state index in [-0.39, 0.29) is 39.7 Å². The highest BCUT2D eigenvalue weighted by molar-refractivity contribution is 7.91. The van der Waals surface area contributed by atoms with Gasteiger partial charge in [-0.05, 0) is 35.9 Å². The van der Waals surface area contributed by atoms with Crippen molar-refractivity contribution in [1.82, 2.24) is 9.88 Å². The first kappa shape index (κ1) is 23.8. The van der Waals surface area contributed by atoms with Crippen molar-refractivity contribution in [3.63, 3.8) is 0 Å². The zero-order valence-corrected chi connectivity index (χ0v) is 18.4. The van der Waals surface area contributed by atoms with Crippen LogP contribution in [0.3, 0.4) is 0 Å². The summed E-state index contributed by atoms with van der Waals surface area (Å²) in [6, 6.07) is 11.9. The molecule has 0 saturated heterocycles. The highest BCUT2D eigenvalue weighted by Crippen LogP contribution is 2.34. The molecule has 0 radical (unpaired) electrons. The molecule has 34 heavy (non-hydrogen) atoms. The van der Waals surface area contributed by atoms with Gasteiger partial charge in [0.15, 0.2) is 0 Å². The van der Waals surface area contributed by atoms with E-state index in [0.29, 0.717) is 6.92 Å². The van der Waals surface area contributed by atoms with Crippen LogP contribution in [0.15, 0.2) is 70.5 Å². The summed E-state index contributed by atoms with van der Waals surface area (Å²) in [7, 11) is -4.24. The Labute approximate surface area is 191 Å². The number of aromatic nitrogens is 1. The zero-order valence-electron chi connectivity index (χ0n) is 17.6. The van der Waals surface area contributed by atoms with Gasteiger partial charge in [0.25, 0.3) is 11.8 Å². The van der Waals surface area contributed by atoms with Crippen LogP contribution in [-0.4, -0.2) is 24.2 Å². The van der Waals surface area contributed by atoms with Gasteiger partial charge in [0, 0.05) is 19.0 Å². The third-order valence-corrected chi connectivity index (χ3v) is 7.25. The Balaban J connectivity index is 1.67. The fourth-order valence-corrected chi connectivity index (χ4v) is 5.22. The van der Waals surface area contributed by atoms with Crippen LogP contribution in [0.25, 0.3) is 0 Å². The summed E-state index contributed by atoms with van der Waals surface area (Å²) in [5, 5.41) is 0. The lowest BCUT2D eigenvalue weighted by molar-refractivity contribution is -0.141. The minimum atomic E-state index is -4.67. The lowest BCUT2D eigenvalue weighted by atomic mass is 10.1. The Morgan fingerprint density at radius 2 is 1.68 bits per heavy atom. The smallest absolute Gasteiger partial charge is 0.328 e. The molecule has 11 heteroatoms. The Kier molecular flexibility index (Phi) is 5.71. The highest BCUT2D eigenvalue weighted by atomic mass is 32.2. The fourth-order valence-electron chi connectivity index (χ4n) is 3.69. The molecule has 1 aliphatic heterocycles. The maximum Gasteiger partial charge on any atom is 0.433 e. The van der Waals surface area contributed by atoms with E-state index in [1.165, 1.54) is 35.2 Å². The molecule has 0 atom stereocenters. The number of benzene rings is 2. The van der Waals surface area contributed by atoms with Gasteiger partial charge in [-0.15, -0.1) is 0 Å². The predicted molar refractivity (Wildman–Crippen MR) is 111 cm³/mol. The van der Waals surface area contributed by atoms with Gasteiger partial charge in [-0.3, -0.25) is 4.79 Å². The number of halogens is 5. The van der Waals surface area contributed by atoms with Gasteiger partial charge >= 0.3 is 6.18 Å². The number of carbonyl (C=O) groups excluding carboxylic acids is 1. The summed E-state index contributed by atoms with van der Waals surface area (Å²) in [5.74, 6) is -3.84. The second-order valence-corrected chi connectivity index (χ2v) is 9.80. The van der Waals surface area contributed by atoms with E-state index in [9.17, 15) is 35.2 Å². The molecule has 0 unspecified atom stereocenters. The molecule has 3 aromatic rings. The van der Waals surface area contributed by atoms with Crippen molar-refractivity contribution >= 4 is 15.7 Å². The molecule has 1 aromatic heterocycles. The first-order chi connectivity index (χ1) is 15.8. The van der Waals surface area contributed by atoms with Crippen LogP contribution in [0.2, 0.25) is 0 Å². The van der Waals surface area contributed by atoms with E-state index >= 15 is 0 Å². The molecule has 1 aliphatic rings. The van der Waals surface area contributed by atoms with Crippen LogP contribution in [-0.2, 0) is 35.0 Å². The summed E-state index contributed by atoms with van der Waals surface area (Å²) < 4.78 is 92.9. The minimum Gasteiger partial charge on any atom is -0.328 e. The standard InChI is InChI=1S/C23H17F5N2O3S/c1-22(24,25)15-6-4-7-16(11-15)34(32,33)19-8-3-2-5-14(19)12-30-13-18-17(21(30)31)9-10-20(29-18)23(26,27)28/h2-11H,12-13H2,1H3. The topological polar surface area (TPSA) is 67.3 Å². The van der Waals surface area contributed by atoms with Gasteiger partial charge in [-0.2, -0.15) is 13.2 Å². The molecule has 0 saturated carbocycles. The molecule has 0 bridgehead atoms. The maximum absolute atomic E-state index is 13.7. The number of hydrogen-bond donors (Lipinski definition) is 0. The maximum atomic E-state index is 13.7. The number of nitrogens with zero attached hydrogens (tertiary/aromatic N) is 2. The molecule has 2 aromatic carbocycles. The van der Waals surface area contributed by atoms with Crippen molar-refractivity contribution in [2.24, 2.45) is 0 Å². The van der Waals surface area contributed by atoms with Crippen molar-refractivity contribution in [2.75, 3.05) is 0 Å². The monoisotopic (exact) mass is 496 g/mol. The van der Waals surface area contributed by atoms with Crippen molar-refractivity contribution in [3.8, 4) is 0 Å². The zero-order chi connectivity index (χ0) is 24.9. The number of carbonyl (C=O) groups is 1. The summed E-state index contributed by atoms with van der Waals surface area (Å²) >= 11 is 0. The fraction of sp³-hybridized carbons (Fsp3) is 0.217. The number of fused-ring (bicyclic) bond motifs is 1. The van der Waals surface area contributed by atoms with Gasteiger partial charge in [0.2, 0.25) is 9.84 Å². The van der Waals surface area contributed by atoms with Crippen LogP contribution < -0.4 is 0 Å². The quantitative estimate of drug-likeness (QED) is 0.456.